The fourth-order valence-corrected chi connectivity index (χ4v) is 1.58. The fourth-order valence-electron chi connectivity index (χ4n) is 1.58. The van der Waals surface area contributed by atoms with Gasteiger partial charge in [-0.15, -0.1) is 0 Å². The van der Waals surface area contributed by atoms with Crippen LogP contribution in [0.25, 0.3) is 5.69 Å². The van der Waals surface area contributed by atoms with Crippen LogP contribution in [0.4, 0.5) is 5.69 Å². The van der Waals surface area contributed by atoms with Gasteiger partial charge in [-0.2, -0.15) is 5.10 Å². The number of hydrogen-bond acceptors (Lipinski definition) is 4. The number of rotatable bonds is 2. The van der Waals surface area contributed by atoms with Gasteiger partial charge in [-0.3, -0.25) is 4.79 Å². The standard InChI is InChI=1S/C11H13N5O/c1-7-3-8(16-6-14-5-15-16)4-9(10(7)12)11(17)13-2/h3-6H,12H2,1-2H3,(H,13,17). The molecule has 3 N–H and O–H groups in total. The fraction of sp³-hybridized carbons (Fsp3) is 0.182. The molecule has 0 aliphatic rings. The highest BCUT2D eigenvalue weighted by Crippen LogP contribution is 2.21. The number of nitrogens with zero attached hydrogens (tertiary/aromatic N) is 3. The second-order valence-electron chi connectivity index (χ2n) is 3.64. The molecule has 0 atom stereocenters. The predicted molar refractivity (Wildman–Crippen MR) is 63.9 cm³/mol. The van der Waals surface area contributed by atoms with E-state index in [1.165, 1.54) is 6.33 Å². The number of aromatic nitrogens is 3. The number of nitrogens with two attached hydrogens (primary N) is 1. The van der Waals surface area contributed by atoms with Crippen molar-refractivity contribution in [2.45, 2.75) is 6.92 Å². The van der Waals surface area contributed by atoms with Crippen molar-refractivity contribution in [2.24, 2.45) is 0 Å². The predicted octanol–water partition coefficient (Wildman–Crippen LogP) is 0.518. The van der Waals surface area contributed by atoms with Gasteiger partial charge in [0, 0.05) is 12.7 Å². The van der Waals surface area contributed by atoms with Crippen molar-refractivity contribution in [3.05, 3.63) is 35.9 Å². The zero-order valence-corrected chi connectivity index (χ0v) is 9.64. The third-order valence-corrected chi connectivity index (χ3v) is 2.53. The van der Waals surface area contributed by atoms with Crippen molar-refractivity contribution in [3.63, 3.8) is 0 Å². The summed E-state index contributed by atoms with van der Waals surface area (Å²) in [5.74, 6) is -0.215. The molecular weight excluding hydrogens is 218 g/mol. The van der Waals surface area contributed by atoms with Crippen molar-refractivity contribution in [1.29, 1.82) is 0 Å². The Morgan fingerprint density at radius 1 is 1.47 bits per heavy atom. The van der Waals surface area contributed by atoms with Crippen LogP contribution in [0, 0.1) is 6.92 Å². The molecular formula is C11H13N5O. The number of hydrogen-bond donors (Lipinski definition) is 2. The number of anilines is 1. The Hall–Kier alpha value is -2.37. The van der Waals surface area contributed by atoms with Gasteiger partial charge in [0.05, 0.1) is 11.3 Å². The lowest BCUT2D eigenvalue weighted by Crippen LogP contribution is -2.20. The van der Waals surface area contributed by atoms with E-state index < -0.39 is 0 Å². The highest BCUT2D eigenvalue weighted by molar-refractivity contribution is 6.00. The van der Waals surface area contributed by atoms with Crippen molar-refractivity contribution >= 4 is 11.6 Å². The van der Waals surface area contributed by atoms with E-state index in [0.29, 0.717) is 11.3 Å². The Bertz CT molecular complexity index is 547. The summed E-state index contributed by atoms with van der Waals surface area (Å²) in [4.78, 5) is 15.5. The van der Waals surface area contributed by atoms with Gasteiger partial charge in [0.1, 0.15) is 12.7 Å². The molecule has 0 bridgehead atoms. The molecule has 6 nitrogen and oxygen atoms in total. The number of benzene rings is 1. The summed E-state index contributed by atoms with van der Waals surface area (Å²) in [6.45, 7) is 1.85. The molecule has 1 amide bonds. The number of nitrogen functional groups attached to an aromatic ring is 1. The molecule has 1 aromatic heterocycles. The Kier molecular flexibility index (Phi) is 2.78. The number of amides is 1. The lowest BCUT2D eigenvalue weighted by Gasteiger charge is -2.10. The van der Waals surface area contributed by atoms with Crippen LogP contribution in [0.5, 0.6) is 0 Å². The summed E-state index contributed by atoms with van der Waals surface area (Å²) in [6.07, 6.45) is 3.00. The first-order valence-corrected chi connectivity index (χ1v) is 5.10. The van der Waals surface area contributed by atoms with Gasteiger partial charge in [-0.25, -0.2) is 9.67 Å². The van der Waals surface area contributed by atoms with Crippen molar-refractivity contribution in [2.75, 3.05) is 12.8 Å². The SMILES string of the molecule is CNC(=O)c1cc(-n2cncn2)cc(C)c1N. The van der Waals surface area contributed by atoms with Crippen LogP contribution < -0.4 is 11.1 Å². The van der Waals surface area contributed by atoms with Crippen LogP contribution in [0.3, 0.4) is 0 Å². The Labute approximate surface area is 98.5 Å². The summed E-state index contributed by atoms with van der Waals surface area (Å²) in [7, 11) is 1.57. The van der Waals surface area contributed by atoms with Crippen LogP contribution in [0.1, 0.15) is 15.9 Å². The minimum absolute atomic E-state index is 0.215. The van der Waals surface area contributed by atoms with Crippen LogP contribution in [-0.4, -0.2) is 27.7 Å². The molecule has 6 heteroatoms. The first kappa shape index (κ1) is 11.1. The smallest absolute Gasteiger partial charge is 0.253 e. The van der Waals surface area contributed by atoms with E-state index in [2.05, 4.69) is 15.4 Å². The van der Waals surface area contributed by atoms with Crippen LogP contribution in [0.2, 0.25) is 0 Å². The molecule has 0 saturated heterocycles. The van der Waals surface area contributed by atoms with Crippen molar-refractivity contribution in [3.8, 4) is 5.69 Å². The van der Waals surface area contributed by atoms with Gasteiger partial charge in [0.25, 0.3) is 5.91 Å². The minimum Gasteiger partial charge on any atom is -0.398 e. The monoisotopic (exact) mass is 231 g/mol. The first-order valence-electron chi connectivity index (χ1n) is 5.10. The van der Waals surface area contributed by atoms with Gasteiger partial charge < -0.3 is 11.1 Å². The molecule has 1 heterocycles. The zero-order valence-electron chi connectivity index (χ0n) is 9.64. The molecule has 0 unspecified atom stereocenters. The summed E-state index contributed by atoms with van der Waals surface area (Å²) >= 11 is 0. The van der Waals surface area contributed by atoms with E-state index in [4.69, 9.17) is 5.73 Å². The van der Waals surface area contributed by atoms with E-state index in [-0.39, 0.29) is 5.91 Å². The lowest BCUT2D eigenvalue weighted by atomic mass is 10.1. The molecule has 0 saturated carbocycles. The molecule has 1 aromatic carbocycles. The summed E-state index contributed by atoms with van der Waals surface area (Å²) in [5, 5.41) is 6.57. The van der Waals surface area contributed by atoms with Gasteiger partial charge in [-0.1, -0.05) is 0 Å². The minimum atomic E-state index is -0.215. The molecule has 0 aliphatic heterocycles. The second-order valence-corrected chi connectivity index (χ2v) is 3.64. The number of carbonyl (C=O) groups is 1. The maximum atomic E-state index is 11.7. The van der Waals surface area contributed by atoms with Gasteiger partial charge in [0.2, 0.25) is 0 Å². The molecule has 0 fully saturated rings. The van der Waals surface area contributed by atoms with E-state index >= 15 is 0 Å². The third kappa shape index (κ3) is 1.96. The summed E-state index contributed by atoms with van der Waals surface area (Å²) in [6, 6.07) is 3.55. The largest absolute Gasteiger partial charge is 0.398 e. The summed E-state index contributed by atoms with van der Waals surface area (Å²) < 4.78 is 1.58. The van der Waals surface area contributed by atoms with E-state index in [9.17, 15) is 4.79 Å². The quantitative estimate of drug-likeness (QED) is 0.738. The van der Waals surface area contributed by atoms with E-state index in [0.717, 1.165) is 11.3 Å². The average Bonchev–Trinajstić information content (AvgIpc) is 2.85. The number of carbonyl (C=O) groups excluding carboxylic acids is 1. The van der Waals surface area contributed by atoms with Crippen molar-refractivity contribution in [1.82, 2.24) is 20.1 Å². The van der Waals surface area contributed by atoms with Crippen LogP contribution in [-0.2, 0) is 0 Å². The number of aryl methyl sites for hydroxylation is 1. The Balaban J connectivity index is 2.57. The Morgan fingerprint density at radius 2 is 2.24 bits per heavy atom. The molecule has 2 aromatic rings. The van der Waals surface area contributed by atoms with Gasteiger partial charge in [0.15, 0.2) is 0 Å². The molecule has 0 radical (unpaired) electrons. The summed E-state index contributed by atoms with van der Waals surface area (Å²) in [5.41, 5.74) is 8.39. The van der Waals surface area contributed by atoms with Crippen LogP contribution in [0.15, 0.2) is 24.8 Å². The zero-order chi connectivity index (χ0) is 12.4. The molecule has 88 valence electrons. The first-order chi connectivity index (χ1) is 8.13. The highest BCUT2D eigenvalue weighted by Gasteiger charge is 2.12. The normalized spacial score (nSPS) is 10.2. The van der Waals surface area contributed by atoms with Gasteiger partial charge >= 0.3 is 0 Å². The highest BCUT2D eigenvalue weighted by atomic mass is 16.1. The molecule has 0 aliphatic carbocycles. The Morgan fingerprint density at radius 3 is 2.82 bits per heavy atom. The maximum absolute atomic E-state index is 11.7. The number of nitrogens with one attached hydrogen (secondary N) is 1. The maximum Gasteiger partial charge on any atom is 0.253 e. The third-order valence-electron chi connectivity index (χ3n) is 2.53. The van der Waals surface area contributed by atoms with Crippen molar-refractivity contribution < 1.29 is 4.79 Å². The topological polar surface area (TPSA) is 85.8 Å². The van der Waals surface area contributed by atoms with E-state index in [1.54, 1.807) is 24.1 Å². The average molecular weight is 231 g/mol. The molecule has 17 heavy (non-hydrogen) atoms. The molecule has 2 rings (SSSR count). The molecule has 0 spiro atoms. The van der Waals surface area contributed by atoms with Gasteiger partial charge in [-0.05, 0) is 24.6 Å². The second kappa shape index (κ2) is 4.25. The van der Waals surface area contributed by atoms with Crippen LogP contribution >= 0.6 is 0 Å². The lowest BCUT2D eigenvalue weighted by molar-refractivity contribution is 0.0964. The van der Waals surface area contributed by atoms with E-state index in [1.807, 2.05) is 13.0 Å².